The summed E-state index contributed by atoms with van der Waals surface area (Å²) in [5.74, 6) is -0.898. The maximum absolute atomic E-state index is 12.8. The number of aromatic nitrogens is 2. The number of aromatic hydroxyl groups is 1. The maximum Gasteiger partial charge on any atom is 0.285 e. The molecule has 0 spiro atoms. The molecule has 0 fully saturated rings. The average molecular weight is 533 g/mol. The summed E-state index contributed by atoms with van der Waals surface area (Å²) in [7, 11) is 0. The molecule has 0 saturated carbocycles. The largest absolute Gasteiger partial charge is 0.507 e. The van der Waals surface area contributed by atoms with E-state index in [0.29, 0.717) is 33.1 Å². The normalized spacial score (nSPS) is 11.4. The van der Waals surface area contributed by atoms with Gasteiger partial charge in [-0.15, -0.1) is 11.3 Å². The number of amides is 2. The van der Waals surface area contributed by atoms with Crippen molar-refractivity contribution in [2.24, 2.45) is 5.73 Å². The molecule has 37 heavy (non-hydrogen) atoms. The maximum atomic E-state index is 12.8. The lowest BCUT2D eigenvalue weighted by Gasteiger charge is -2.15. The van der Waals surface area contributed by atoms with Crippen LogP contribution in [0.15, 0.2) is 60.1 Å². The van der Waals surface area contributed by atoms with Gasteiger partial charge < -0.3 is 21.5 Å². The lowest BCUT2D eigenvalue weighted by Crippen LogP contribution is -2.23. The van der Waals surface area contributed by atoms with Gasteiger partial charge in [-0.3, -0.25) is 9.59 Å². The van der Waals surface area contributed by atoms with Gasteiger partial charge in [0.25, 0.3) is 5.91 Å². The van der Waals surface area contributed by atoms with Crippen molar-refractivity contribution in [1.29, 1.82) is 5.26 Å². The topological polar surface area (TPSA) is 154 Å². The number of rotatable bonds is 7. The van der Waals surface area contributed by atoms with Crippen LogP contribution in [-0.2, 0) is 4.79 Å². The van der Waals surface area contributed by atoms with Gasteiger partial charge in [0.15, 0.2) is 10.8 Å². The number of phenols is 1. The summed E-state index contributed by atoms with van der Waals surface area (Å²) in [4.78, 5) is 33.5. The summed E-state index contributed by atoms with van der Waals surface area (Å²) < 4.78 is 0. The molecular formula is C26H21ClN6O3S. The fraction of sp³-hybridized carbons (Fsp3) is 0.115. The standard InChI is InChI=1S/C26H21ClN6O3S/c1-14(29)9-23(35)31-17-4-2-3-15(10-17)19-12-21(18-6-5-16(27)11-22(18)34)32-24(20(19)13-28)33-25(36)26-30-7-8-37-26/h2-8,10-12,14,34H,9,29H2,1H3,(H,31,35)(H,32,33,36)/t14-/m0/s1. The number of anilines is 2. The van der Waals surface area contributed by atoms with Crippen LogP contribution in [0.2, 0.25) is 5.02 Å². The molecular weight excluding hydrogens is 512 g/mol. The van der Waals surface area contributed by atoms with E-state index in [4.69, 9.17) is 17.3 Å². The second-order valence-electron chi connectivity index (χ2n) is 8.15. The highest BCUT2D eigenvalue weighted by Crippen LogP contribution is 2.37. The molecule has 11 heteroatoms. The molecule has 0 bridgehead atoms. The van der Waals surface area contributed by atoms with Gasteiger partial charge in [-0.1, -0.05) is 23.7 Å². The van der Waals surface area contributed by atoms with Crippen LogP contribution in [-0.4, -0.2) is 32.9 Å². The van der Waals surface area contributed by atoms with Crippen LogP contribution in [0.25, 0.3) is 22.4 Å². The van der Waals surface area contributed by atoms with E-state index < -0.39 is 5.91 Å². The summed E-state index contributed by atoms with van der Waals surface area (Å²) >= 11 is 7.14. The second-order valence-corrected chi connectivity index (χ2v) is 9.48. The van der Waals surface area contributed by atoms with E-state index in [1.165, 1.54) is 12.3 Å². The minimum atomic E-state index is -0.528. The van der Waals surface area contributed by atoms with Gasteiger partial charge >= 0.3 is 0 Å². The number of carbonyl (C=O) groups is 2. The number of benzene rings is 2. The van der Waals surface area contributed by atoms with Gasteiger partial charge in [-0.25, -0.2) is 9.97 Å². The summed E-state index contributed by atoms with van der Waals surface area (Å²) in [6, 6.07) is 14.9. The van der Waals surface area contributed by atoms with Crippen molar-refractivity contribution >= 4 is 46.3 Å². The van der Waals surface area contributed by atoms with Crippen molar-refractivity contribution in [2.75, 3.05) is 10.6 Å². The third-order valence-corrected chi connectivity index (χ3v) is 6.20. The molecule has 186 valence electrons. The molecule has 0 radical (unpaired) electrons. The molecule has 0 aliphatic heterocycles. The van der Waals surface area contributed by atoms with Crippen LogP contribution in [0.3, 0.4) is 0 Å². The molecule has 2 aromatic heterocycles. The second kappa shape index (κ2) is 11.2. The Hall–Kier alpha value is -4.30. The van der Waals surface area contributed by atoms with E-state index in [1.54, 1.807) is 54.8 Å². The van der Waals surface area contributed by atoms with Gasteiger partial charge in [0.05, 0.1) is 5.69 Å². The Labute approximate surface area is 221 Å². The SMILES string of the molecule is C[C@H](N)CC(=O)Nc1cccc(-c2cc(-c3ccc(Cl)cc3O)nc(NC(=O)c3nccs3)c2C#N)c1. The smallest absolute Gasteiger partial charge is 0.285 e. The summed E-state index contributed by atoms with van der Waals surface area (Å²) in [5.41, 5.74) is 7.98. The number of nitrogens with two attached hydrogens (primary N) is 1. The Morgan fingerprint density at radius 1 is 1.19 bits per heavy atom. The van der Waals surface area contributed by atoms with E-state index in [1.807, 2.05) is 0 Å². The number of halogens is 1. The van der Waals surface area contributed by atoms with Crippen molar-refractivity contribution in [2.45, 2.75) is 19.4 Å². The molecule has 2 aromatic carbocycles. The lowest BCUT2D eigenvalue weighted by molar-refractivity contribution is -0.116. The molecule has 4 aromatic rings. The van der Waals surface area contributed by atoms with E-state index >= 15 is 0 Å². The van der Waals surface area contributed by atoms with Crippen molar-refractivity contribution in [3.8, 4) is 34.2 Å². The fourth-order valence-corrected chi connectivity index (χ4v) is 4.30. The number of pyridine rings is 1. The first-order valence-corrected chi connectivity index (χ1v) is 12.3. The average Bonchev–Trinajstić information content (AvgIpc) is 3.38. The van der Waals surface area contributed by atoms with Crippen molar-refractivity contribution in [1.82, 2.24) is 9.97 Å². The first-order valence-electron chi connectivity index (χ1n) is 11.1. The minimum absolute atomic E-state index is 0.00375. The van der Waals surface area contributed by atoms with Crippen molar-refractivity contribution < 1.29 is 14.7 Å². The van der Waals surface area contributed by atoms with Crippen LogP contribution >= 0.6 is 22.9 Å². The minimum Gasteiger partial charge on any atom is -0.507 e. The van der Waals surface area contributed by atoms with Crippen LogP contribution in [0.1, 0.15) is 28.7 Å². The first kappa shape index (κ1) is 25.8. The zero-order valence-electron chi connectivity index (χ0n) is 19.5. The lowest BCUT2D eigenvalue weighted by atomic mass is 9.97. The monoisotopic (exact) mass is 532 g/mol. The molecule has 0 saturated heterocycles. The van der Waals surface area contributed by atoms with Crippen molar-refractivity contribution in [3.05, 3.63) is 75.7 Å². The Morgan fingerprint density at radius 2 is 2.00 bits per heavy atom. The molecule has 0 aliphatic carbocycles. The number of nitrogens with one attached hydrogen (secondary N) is 2. The van der Waals surface area contributed by atoms with Crippen LogP contribution in [0, 0.1) is 11.3 Å². The number of thiazole rings is 1. The fourth-order valence-electron chi connectivity index (χ4n) is 3.60. The number of nitrogens with zero attached hydrogens (tertiary/aromatic N) is 3. The Balaban J connectivity index is 1.84. The highest BCUT2D eigenvalue weighted by molar-refractivity contribution is 7.11. The van der Waals surface area contributed by atoms with Gasteiger partial charge in [0.1, 0.15) is 17.4 Å². The van der Waals surface area contributed by atoms with Gasteiger partial charge in [-0.05, 0) is 48.9 Å². The van der Waals surface area contributed by atoms with Gasteiger partial charge in [0, 0.05) is 45.9 Å². The molecule has 2 heterocycles. The van der Waals surface area contributed by atoms with E-state index in [0.717, 1.165) is 11.3 Å². The quantitative estimate of drug-likeness (QED) is 0.260. The Morgan fingerprint density at radius 3 is 2.68 bits per heavy atom. The molecule has 2 amide bonds. The van der Waals surface area contributed by atoms with E-state index in [-0.39, 0.29) is 40.5 Å². The van der Waals surface area contributed by atoms with E-state index in [2.05, 4.69) is 26.7 Å². The summed E-state index contributed by atoms with van der Waals surface area (Å²) in [5, 5.41) is 28.3. The van der Waals surface area contributed by atoms with Crippen LogP contribution in [0.5, 0.6) is 5.75 Å². The van der Waals surface area contributed by atoms with Crippen LogP contribution < -0.4 is 16.4 Å². The summed E-state index contributed by atoms with van der Waals surface area (Å²) in [6.45, 7) is 1.74. The third-order valence-electron chi connectivity index (χ3n) is 5.19. The number of phenolic OH excluding ortho intramolecular Hbond substituents is 1. The summed E-state index contributed by atoms with van der Waals surface area (Å²) in [6.07, 6.45) is 1.65. The van der Waals surface area contributed by atoms with Gasteiger partial charge in [0.2, 0.25) is 5.91 Å². The highest BCUT2D eigenvalue weighted by Gasteiger charge is 2.20. The number of hydrogen-bond donors (Lipinski definition) is 4. The van der Waals surface area contributed by atoms with Gasteiger partial charge in [-0.2, -0.15) is 5.26 Å². The number of carbonyl (C=O) groups excluding carboxylic acids is 2. The number of nitriles is 1. The highest BCUT2D eigenvalue weighted by atomic mass is 35.5. The molecule has 1 atom stereocenters. The van der Waals surface area contributed by atoms with Crippen LogP contribution in [0.4, 0.5) is 11.5 Å². The number of hydrogen-bond acceptors (Lipinski definition) is 8. The Bertz CT molecular complexity index is 1520. The molecule has 9 nitrogen and oxygen atoms in total. The van der Waals surface area contributed by atoms with Crippen molar-refractivity contribution in [3.63, 3.8) is 0 Å². The molecule has 4 rings (SSSR count). The predicted molar refractivity (Wildman–Crippen MR) is 143 cm³/mol. The van der Waals surface area contributed by atoms with E-state index in [9.17, 15) is 20.0 Å². The Kier molecular flexibility index (Phi) is 7.79. The zero-order chi connectivity index (χ0) is 26.5. The third kappa shape index (κ3) is 6.10. The first-order chi connectivity index (χ1) is 17.7. The predicted octanol–water partition coefficient (Wildman–Crippen LogP) is 5.03. The molecule has 0 aliphatic rings. The molecule has 5 N–H and O–H groups in total. The zero-order valence-corrected chi connectivity index (χ0v) is 21.1. The molecule has 0 unspecified atom stereocenters.